The highest BCUT2D eigenvalue weighted by Crippen LogP contribution is 2.25. The van der Waals surface area contributed by atoms with Crippen LogP contribution in [0.25, 0.3) is 0 Å². The number of Topliss-reactive ketones (excluding diaryl/α,β-unsaturated/α-hetero) is 1. The lowest BCUT2D eigenvalue weighted by Crippen LogP contribution is -2.63. The summed E-state index contributed by atoms with van der Waals surface area (Å²) in [5.74, 6) is -11.3. The molecule has 87 heavy (non-hydrogen) atoms. The van der Waals surface area contributed by atoms with Crippen LogP contribution in [0.3, 0.4) is 0 Å². The van der Waals surface area contributed by atoms with Gasteiger partial charge in [0.2, 0.25) is 59.1 Å². The molecule has 11 atom stereocenters. The van der Waals surface area contributed by atoms with E-state index in [0.29, 0.717) is 6.42 Å². The first kappa shape index (κ1) is 78.6. The lowest BCUT2D eigenvalue weighted by Gasteiger charge is -2.41. The van der Waals surface area contributed by atoms with Gasteiger partial charge in [0.1, 0.15) is 54.4 Å². The third-order valence-electron chi connectivity index (χ3n) is 16.4. The largest absolute Gasteiger partial charge is 0.343 e. The van der Waals surface area contributed by atoms with Crippen molar-refractivity contribution in [3.05, 3.63) is 12.2 Å². The molecule has 0 unspecified atom stereocenters. The number of nitrogens with zero attached hydrogens (tertiary/aromatic N) is 7. The van der Waals surface area contributed by atoms with Crippen molar-refractivity contribution >= 4 is 70.8 Å². The highest BCUT2D eigenvalue weighted by molar-refractivity contribution is 6.10. The zero-order valence-electron chi connectivity index (χ0n) is 57.5. The fourth-order valence-corrected chi connectivity index (χ4v) is 10.8. The second-order valence-electron chi connectivity index (χ2n) is 27.0. The quantitative estimate of drug-likeness (QED) is 0.126. The normalized spacial score (nSPS) is 26.2. The molecule has 4 N–H and O–H groups in total. The van der Waals surface area contributed by atoms with Crippen molar-refractivity contribution in [3.8, 4) is 0 Å². The summed E-state index contributed by atoms with van der Waals surface area (Å²) in [6.45, 7) is 31.0. The second-order valence-corrected chi connectivity index (χ2v) is 27.0. The summed E-state index contributed by atoms with van der Waals surface area (Å²) in [7, 11) is 9.82. The standard InChI is InChI=1S/C64H113N11O12/c1-26-27-28-42(16)54(77)53-58(81)68-50(39(10)11)62(85)69(19)34-49(76)70(20)46(31-36(4)5)57(80)67-51(40(12)13)63(86)71(21)45(30-29-35(2)3)56(79)65-43(17)55(78)66-44(18)59(82)72(22)47(32-37(6)7)60(83)73(23)48(33-38(8)9)61(84)74(24)52(41(14)15)64(87)75(53)25/h26-27,35-48,50-53H,28-34H2,1-25H3,(H,65,79)(H,66,78)(H,67,80)(H,68,81)/b27-26+/t42-,43+,44-,45+,46+,47+,48+,50+,51+,52+,53+/m1/s1. The SMILES string of the molecule is C/C=C/C[C@@H](C)C(=O)[C@H]1C(=O)N[C@@H](C(C)C)C(=O)N(C)CC(=O)N(C)[C@@H](CC(C)C)C(=O)N[C@@H](C(C)C)C(=O)N(C)[C@@H](CCC(C)C)C(=O)N[C@@H](C)C(=O)N[C@H](C)C(=O)N(C)[C@@H](CC(C)C)C(=O)N(C)[C@@H](CC(C)C)C(=O)N(C)[C@@H](C(C)C)C(=O)N1C. The van der Waals surface area contributed by atoms with Gasteiger partial charge in [0.05, 0.1) is 6.54 Å². The molecule has 1 aliphatic heterocycles. The maximum atomic E-state index is 15.2. The van der Waals surface area contributed by atoms with Gasteiger partial charge >= 0.3 is 0 Å². The van der Waals surface area contributed by atoms with Gasteiger partial charge in [0, 0.05) is 55.3 Å². The number of amides is 11. The molecule has 0 radical (unpaired) electrons. The molecule has 0 saturated carbocycles. The number of rotatable bonds is 16. The fourth-order valence-electron chi connectivity index (χ4n) is 10.8. The first-order valence-electron chi connectivity index (χ1n) is 31.3. The van der Waals surface area contributed by atoms with E-state index in [1.807, 2.05) is 55.4 Å². The molecule has 0 aromatic rings. The molecule has 0 aliphatic carbocycles. The van der Waals surface area contributed by atoms with E-state index in [1.165, 1.54) is 87.7 Å². The number of nitrogens with one attached hydrogen (secondary N) is 4. The monoisotopic (exact) mass is 1230 g/mol. The number of hydrogen-bond donors (Lipinski definition) is 4. The van der Waals surface area contributed by atoms with Crippen molar-refractivity contribution in [2.24, 2.45) is 47.3 Å². The molecule has 11 amide bonds. The van der Waals surface area contributed by atoms with Gasteiger partial charge in [-0.1, -0.05) is 116 Å². The van der Waals surface area contributed by atoms with E-state index in [0.717, 1.165) is 9.80 Å². The highest BCUT2D eigenvalue weighted by Gasteiger charge is 2.46. The predicted molar refractivity (Wildman–Crippen MR) is 337 cm³/mol. The summed E-state index contributed by atoms with van der Waals surface area (Å²) in [4.78, 5) is 184. The van der Waals surface area contributed by atoms with Crippen molar-refractivity contribution in [1.29, 1.82) is 0 Å². The molecule has 1 aliphatic rings. The molecule has 0 bridgehead atoms. The number of ketones is 1. The van der Waals surface area contributed by atoms with Crippen LogP contribution in [-0.2, 0) is 57.5 Å². The number of carbonyl (C=O) groups excluding carboxylic acids is 12. The minimum Gasteiger partial charge on any atom is -0.343 e. The summed E-state index contributed by atoms with van der Waals surface area (Å²) in [5, 5.41) is 11.0. The highest BCUT2D eigenvalue weighted by atomic mass is 16.2. The molecule has 0 aromatic carbocycles. The van der Waals surface area contributed by atoms with Crippen LogP contribution >= 0.6 is 0 Å². The summed E-state index contributed by atoms with van der Waals surface area (Å²) in [5.41, 5.74) is 0. The smallest absolute Gasteiger partial charge is 0.251 e. The number of allylic oxidation sites excluding steroid dienone is 2. The summed E-state index contributed by atoms with van der Waals surface area (Å²) in [6.07, 6.45) is 4.81. The molecule has 1 saturated heterocycles. The first-order valence-corrected chi connectivity index (χ1v) is 31.3. The van der Waals surface area contributed by atoms with Crippen LogP contribution < -0.4 is 21.3 Å². The van der Waals surface area contributed by atoms with Gasteiger partial charge in [-0.15, -0.1) is 0 Å². The van der Waals surface area contributed by atoms with Gasteiger partial charge in [-0.3, -0.25) is 57.5 Å². The first-order chi connectivity index (χ1) is 40.1. The Bertz CT molecular complexity index is 2430. The maximum Gasteiger partial charge on any atom is 0.251 e. The van der Waals surface area contributed by atoms with E-state index in [-0.39, 0.29) is 55.8 Å². The van der Waals surface area contributed by atoms with Gasteiger partial charge in [-0.2, -0.15) is 0 Å². The maximum absolute atomic E-state index is 15.2. The summed E-state index contributed by atoms with van der Waals surface area (Å²) < 4.78 is 0. The summed E-state index contributed by atoms with van der Waals surface area (Å²) in [6, 6.07) is -12.7. The Balaban J connectivity index is 4.38. The topological polar surface area (TPSA) is 276 Å². The fraction of sp³-hybridized carbons (Fsp3) is 0.781. The van der Waals surface area contributed by atoms with Gasteiger partial charge in [0.15, 0.2) is 11.8 Å². The van der Waals surface area contributed by atoms with Crippen LogP contribution in [0, 0.1) is 47.3 Å². The van der Waals surface area contributed by atoms with Crippen molar-refractivity contribution in [2.75, 3.05) is 55.9 Å². The molecule has 1 heterocycles. The Morgan fingerprint density at radius 2 is 0.874 bits per heavy atom. The van der Waals surface area contributed by atoms with E-state index in [2.05, 4.69) is 21.3 Å². The molecular weight excluding hydrogens is 1110 g/mol. The van der Waals surface area contributed by atoms with Crippen LogP contribution in [0.15, 0.2) is 12.2 Å². The lowest BCUT2D eigenvalue weighted by atomic mass is 9.92. The predicted octanol–water partition coefficient (Wildman–Crippen LogP) is 4.11. The third-order valence-corrected chi connectivity index (χ3v) is 16.4. The van der Waals surface area contributed by atoms with E-state index in [9.17, 15) is 47.9 Å². The van der Waals surface area contributed by atoms with Crippen LogP contribution in [-0.4, -0.2) is 221 Å². The zero-order valence-corrected chi connectivity index (χ0v) is 57.5. The number of hydrogen-bond acceptors (Lipinski definition) is 12. The Hall–Kier alpha value is -6.42. The molecular formula is C64H113N11O12. The van der Waals surface area contributed by atoms with E-state index in [4.69, 9.17) is 0 Å². The molecule has 1 fully saturated rings. The Labute approximate surface area is 520 Å². The van der Waals surface area contributed by atoms with Gasteiger partial charge in [-0.05, 0) is 101 Å². The van der Waals surface area contributed by atoms with Crippen LogP contribution in [0.2, 0.25) is 0 Å². The van der Waals surface area contributed by atoms with E-state index in [1.54, 1.807) is 67.5 Å². The molecule has 1 rings (SSSR count). The van der Waals surface area contributed by atoms with Gasteiger partial charge < -0.3 is 55.6 Å². The van der Waals surface area contributed by atoms with Crippen LogP contribution in [0.4, 0.5) is 0 Å². The van der Waals surface area contributed by atoms with E-state index >= 15 is 9.59 Å². The van der Waals surface area contributed by atoms with E-state index < -0.39 is 161 Å². The lowest BCUT2D eigenvalue weighted by molar-refractivity contribution is -0.157. The molecule has 23 nitrogen and oxygen atoms in total. The molecule has 0 spiro atoms. The average molecular weight is 1230 g/mol. The van der Waals surface area contributed by atoms with Crippen molar-refractivity contribution in [2.45, 2.75) is 224 Å². The Morgan fingerprint density at radius 3 is 1.33 bits per heavy atom. The Morgan fingerprint density at radius 1 is 0.448 bits per heavy atom. The average Bonchev–Trinajstić information content (AvgIpc) is 1.60. The zero-order chi connectivity index (χ0) is 67.6. The molecule has 0 aromatic heterocycles. The van der Waals surface area contributed by atoms with Crippen LogP contribution in [0.5, 0.6) is 0 Å². The number of carbonyl (C=O) groups is 12. The summed E-state index contributed by atoms with van der Waals surface area (Å²) >= 11 is 0. The molecule has 496 valence electrons. The minimum absolute atomic E-state index is 0.0997. The van der Waals surface area contributed by atoms with Gasteiger partial charge in [-0.25, -0.2) is 0 Å². The van der Waals surface area contributed by atoms with Crippen molar-refractivity contribution < 1.29 is 57.5 Å². The second kappa shape index (κ2) is 35.5. The Kier molecular flexibility index (Phi) is 32.1. The van der Waals surface area contributed by atoms with Crippen molar-refractivity contribution in [1.82, 2.24) is 55.6 Å². The number of likely N-dealkylation sites (N-methyl/N-ethyl adjacent to an activating group) is 7. The third kappa shape index (κ3) is 22.3. The van der Waals surface area contributed by atoms with Gasteiger partial charge in [0.25, 0.3) is 5.91 Å². The van der Waals surface area contributed by atoms with Crippen molar-refractivity contribution in [3.63, 3.8) is 0 Å². The van der Waals surface area contributed by atoms with Crippen LogP contribution in [0.1, 0.15) is 163 Å². The molecule has 23 heteroatoms. The minimum atomic E-state index is -1.82.